The van der Waals surface area contributed by atoms with E-state index in [9.17, 15) is 9.59 Å². The molecule has 1 fully saturated rings. The number of hydrogen-bond acceptors (Lipinski definition) is 6. The van der Waals surface area contributed by atoms with Gasteiger partial charge in [0.25, 0.3) is 5.91 Å². The van der Waals surface area contributed by atoms with Gasteiger partial charge >= 0.3 is 0 Å². The topological polar surface area (TPSA) is 68.3 Å². The molecule has 0 aromatic heterocycles. The van der Waals surface area contributed by atoms with Crippen LogP contribution in [0.25, 0.3) is 0 Å². The van der Waals surface area contributed by atoms with Crippen LogP contribution in [0.4, 0.5) is 0 Å². The highest BCUT2D eigenvalue weighted by Gasteiger charge is 2.27. The maximum atomic E-state index is 13.0. The first kappa shape index (κ1) is 20.7. The Balaban J connectivity index is 1.60. The van der Waals surface area contributed by atoms with Crippen molar-refractivity contribution >= 4 is 11.7 Å². The normalized spacial score (nSPS) is 14.4. The van der Waals surface area contributed by atoms with Crippen LogP contribution in [-0.4, -0.2) is 75.5 Å². The van der Waals surface area contributed by atoms with Crippen LogP contribution in [0.2, 0.25) is 0 Å². The van der Waals surface area contributed by atoms with Gasteiger partial charge in [-0.3, -0.25) is 14.5 Å². The monoisotopic (exact) mass is 398 g/mol. The van der Waals surface area contributed by atoms with Gasteiger partial charge in [0.15, 0.2) is 5.78 Å². The van der Waals surface area contributed by atoms with Crippen LogP contribution in [-0.2, 0) is 0 Å². The fourth-order valence-corrected chi connectivity index (χ4v) is 3.40. The van der Waals surface area contributed by atoms with Crippen molar-refractivity contribution in [2.75, 3.05) is 54.1 Å². The zero-order valence-corrected chi connectivity index (χ0v) is 17.0. The molecule has 1 saturated heterocycles. The molecule has 2 aromatic carbocycles. The van der Waals surface area contributed by atoms with Gasteiger partial charge in [0.2, 0.25) is 0 Å². The Kier molecular flexibility index (Phi) is 6.72. The standard InChI is InChI=1S/C22H26N2O5/c1-27-17-9-7-16(8-10-17)18(25)15-23-11-13-24(14-12-23)22(26)21-19(28-2)5-4-6-20(21)29-3/h4-10H,11-15H2,1-3H3. The molecule has 0 saturated carbocycles. The highest BCUT2D eigenvalue weighted by atomic mass is 16.5. The summed E-state index contributed by atoms with van der Waals surface area (Å²) in [5.41, 5.74) is 1.09. The summed E-state index contributed by atoms with van der Waals surface area (Å²) in [4.78, 5) is 29.4. The van der Waals surface area contributed by atoms with Crippen LogP contribution in [0.3, 0.4) is 0 Å². The Morgan fingerprint density at radius 2 is 1.41 bits per heavy atom. The van der Waals surface area contributed by atoms with Gasteiger partial charge in [-0.25, -0.2) is 0 Å². The van der Waals surface area contributed by atoms with Gasteiger partial charge in [-0.2, -0.15) is 0 Å². The van der Waals surface area contributed by atoms with Crippen molar-refractivity contribution in [2.24, 2.45) is 0 Å². The van der Waals surface area contributed by atoms with Crippen molar-refractivity contribution in [3.8, 4) is 17.2 Å². The molecule has 1 heterocycles. The minimum Gasteiger partial charge on any atom is -0.497 e. The molecule has 1 aliphatic heterocycles. The average molecular weight is 398 g/mol. The largest absolute Gasteiger partial charge is 0.497 e. The highest BCUT2D eigenvalue weighted by Crippen LogP contribution is 2.29. The fourth-order valence-electron chi connectivity index (χ4n) is 3.40. The zero-order chi connectivity index (χ0) is 20.8. The number of ether oxygens (including phenoxy) is 3. The van der Waals surface area contributed by atoms with Gasteiger partial charge in [0.1, 0.15) is 22.8 Å². The highest BCUT2D eigenvalue weighted by molar-refractivity contribution is 6.00. The maximum absolute atomic E-state index is 13.0. The molecule has 1 amide bonds. The van der Waals surface area contributed by atoms with Gasteiger partial charge in [-0.1, -0.05) is 6.07 Å². The van der Waals surface area contributed by atoms with Crippen LogP contribution in [0.1, 0.15) is 20.7 Å². The van der Waals surface area contributed by atoms with Crippen LogP contribution in [0.15, 0.2) is 42.5 Å². The summed E-state index contributed by atoms with van der Waals surface area (Å²) in [6.07, 6.45) is 0. The quantitative estimate of drug-likeness (QED) is 0.667. The number of rotatable bonds is 7. The average Bonchev–Trinajstić information content (AvgIpc) is 2.78. The van der Waals surface area contributed by atoms with E-state index in [1.54, 1.807) is 54.5 Å². The number of amides is 1. The molecule has 0 bridgehead atoms. The van der Waals surface area contributed by atoms with E-state index < -0.39 is 0 Å². The molecule has 2 aromatic rings. The maximum Gasteiger partial charge on any atom is 0.261 e. The molecule has 3 rings (SSSR count). The molecule has 29 heavy (non-hydrogen) atoms. The first-order valence-electron chi connectivity index (χ1n) is 9.47. The molecule has 0 aliphatic carbocycles. The van der Waals surface area contributed by atoms with Crippen LogP contribution >= 0.6 is 0 Å². The van der Waals surface area contributed by atoms with Gasteiger partial charge in [-0.15, -0.1) is 0 Å². The molecular weight excluding hydrogens is 372 g/mol. The lowest BCUT2D eigenvalue weighted by atomic mass is 10.1. The lowest BCUT2D eigenvalue weighted by Crippen LogP contribution is -2.50. The molecule has 1 aliphatic rings. The number of hydrogen-bond donors (Lipinski definition) is 0. The second-order valence-corrected chi connectivity index (χ2v) is 6.76. The summed E-state index contributed by atoms with van der Waals surface area (Å²) in [5, 5.41) is 0. The van der Waals surface area contributed by atoms with E-state index in [0.717, 1.165) is 5.75 Å². The van der Waals surface area contributed by atoms with Crippen molar-refractivity contribution in [1.82, 2.24) is 9.80 Å². The van der Waals surface area contributed by atoms with Crippen molar-refractivity contribution in [1.29, 1.82) is 0 Å². The number of carbonyl (C=O) groups is 2. The minimum absolute atomic E-state index is 0.0545. The fraction of sp³-hybridized carbons (Fsp3) is 0.364. The lowest BCUT2D eigenvalue weighted by molar-refractivity contribution is 0.0618. The number of Topliss-reactive ketones (excluding diaryl/α,β-unsaturated/α-hetero) is 1. The predicted octanol–water partition coefficient (Wildman–Crippen LogP) is 2.35. The van der Waals surface area contributed by atoms with E-state index in [1.165, 1.54) is 14.2 Å². The van der Waals surface area contributed by atoms with E-state index in [-0.39, 0.29) is 11.7 Å². The van der Waals surface area contributed by atoms with Gasteiger partial charge in [0.05, 0.1) is 27.9 Å². The number of methoxy groups -OCH3 is 3. The van der Waals surface area contributed by atoms with Crippen LogP contribution in [0.5, 0.6) is 17.2 Å². The first-order valence-corrected chi connectivity index (χ1v) is 9.47. The summed E-state index contributed by atoms with van der Waals surface area (Å²) in [6.45, 7) is 2.66. The molecular formula is C22H26N2O5. The molecule has 7 nitrogen and oxygen atoms in total. The number of piperazine rings is 1. The third-order valence-corrected chi connectivity index (χ3v) is 5.08. The summed E-state index contributed by atoms with van der Waals surface area (Å²) in [7, 11) is 4.67. The third kappa shape index (κ3) is 4.68. The van der Waals surface area contributed by atoms with Gasteiger partial charge in [-0.05, 0) is 36.4 Å². The van der Waals surface area contributed by atoms with Crippen LogP contribution in [0, 0.1) is 0 Å². The Morgan fingerprint density at radius 1 is 0.828 bits per heavy atom. The Bertz CT molecular complexity index is 836. The number of nitrogens with zero attached hydrogens (tertiary/aromatic N) is 2. The smallest absolute Gasteiger partial charge is 0.261 e. The Labute approximate surface area is 170 Å². The summed E-state index contributed by atoms with van der Waals surface area (Å²) < 4.78 is 15.8. The zero-order valence-electron chi connectivity index (χ0n) is 17.0. The van der Waals surface area contributed by atoms with E-state index in [4.69, 9.17) is 14.2 Å². The molecule has 154 valence electrons. The second kappa shape index (κ2) is 9.43. The van der Waals surface area contributed by atoms with E-state index in [2.05, 4.69) is 4.90 Å². The molecule has 7 heteroatoms. The lowest BCUT2D eigenvalue weighted by Gasteiger charge is -2.34. The minimum atomic E-state index is -0.125. The molecule has 0 atom stereocenters. The molecule has 0 N–H and O–H groups in total. The first-order chi connectivity index (χ1) is 14.1. The van der Waals surface area contributed by atoms with Crippen molar-refractivity contribution in [3.05, 3.63) is 53.6 Å². The van der Waals surface area contributed by atoms with Crippen molar-refractivity contribution < 1.29 is 23.8 Å². The summed E-state index contributed by atoms with van der Waals surface area (Å²) in [6, 6.07) is 12.4. The predicted molar refractivity (Wildman–Crippen MR) is 109 cm³/mol. The van der Waals surface area contributed by atoms with E-state index in [0.29, 0.717) is 55.3 Å². The summed E-state index contributed by atoms with van der Waals surface area (Å²) >= 11 is 0. The van der Waals surface area contributed by atoms with Crippen molar-refractivity contribution in [3.63, 3.8) is 0 Å². The van der Waals surface area contributed by atoms with E-state index >= 15 is 0 Å². The number of benzene rings is 2. The molecule has 0 radical (unpaired) electrons. The third-order valence-electron chi connectivity index (χ3n) is 5.08. The second-order valence-electron chi connectivity index (χ2n) is 6.76. The SMILES string of the molecule is COc1ccc(C(=O)CN2CCN(C(=O)c3c(OC)cccc3OC)CC2)cc1. The van der Waals surface area contributed by atoms with Gasteiger partial charge in [0, 0.05) is 31.7 Å². The molecule has 0 spiro atoms. The molecule has 0 unspecified atom stereocenters. The Hall–Kier alpha value is -3.06. The summed E-state index contributed by atoms with van der Waals surface area (Å²) in [5.74, 6) is 1.64. The Morgan fingerprint density at radius 3 is 1.93 bits per heavy atom. The number of carbonyl (C=O) groups excluding carboxylic acids is 2. The van der Waals surface area contributed by atoms with E-state index in [1.807, 2.05) is 0 Å². The van der Waals surface area contributed by atoms with Gasteiger partial charge < -0.3 is 19.1 Å². The van der Waals surface area contributed by atoms with Crippen molar-refractivity contribution in [2.45, 2.75) is 0 Å². The van der Waals surface area contributed by atoms with Crippen LogP contribution < -0.4 is 14.2 Å². The number of ketones is 1.